The van der Waals surface area contributed by atoms with E-state index in [9.17, 15) is 19.2 Å². The highest BCUT2D eigenvalue weighted by atomic mass is 16.5. The van der Waals surface area contributed by atoms with Crippen LogP contribution in [0.15, 0.2) is 98.1 Å². The fourth-order valence-corrected chi connectivity index (χ4v) is 2.89. The lowest BCUT2D eigenvalue weighted by molar-refractivity contribution is -0.138. The monoisotopic (exact) mass is 516 g/mol. The molecule has 0 N–H and O–H groups in total. The number of carbonyl (C=O) groups excluding carboxylic acids is 4. The standard InChI is InChI=1S/C29H24O9/c1-3-26(30)35-19-5-18-34-22-10-6-20(7-11-22)28(32)37-24-14-16-25(17-15-24)38-29(33)21-8-12-23(13-9-21)36-27(31)4-2/h3-4,6-17H,1-2,5,18-19H2. The minimum absolute atomic E-state index is 0.218. The minimum atomic E-state index is -0.614. The van der Waals surface area contributed by atoms with E-state index < -0.39 is 23.9 Å². The highest BCUT2D eigenvalue weighted by Gasteiger charge is 2.12. The molecule has 9 heteroatoms. The van der Waals surface area contributed by atoms with Gasteiger partial charge in [0.25, 0.3) is 0 Å². The maximum Gasteiger partial charge on any atom is 0.343 e. The predicted octanol–water partition coefficient (Wildman–Crippen LogP) is 4.71. The molecule has 3 aromatic rings. The third-order valence-electron chi connectivity index (χ3n) is 4.78. The summed E-state index contributed by atoms with van der Waals surface area (Å²) in [5, 5.41) is 0. The summed E-state index contributed by atoms with van der Waals surface area (Å²) in [6, 6.07) is 18.2. The second-order valence-corrected chi connectivity index (χ2v) is 7.50. The number of carbonyl (C=O) groups is 4. The van der Waals surface area contributed by atoms with E-state index in [1.807, 2.05) is 0 Å². The Balaban J connectivity index is 1.46. The zero-order valence-electron chi connectivity index (χ0n) is 20.3. The van der Waals surface area contributed by atoms with Crippen LogP contribution in [0.5, 0.6) is 23.0 Å². The van der Waals surface area contributed by atoms with Crippen LogP contribution in [0.25, 0.3) is 0 Å². The largest absolute Gasteiger partial charge is 0.493 e. The van der Waals surface area contributed by atoms with Gasteiger partial charge in [-0.05, 0) is 72.8 Å². The molecule has 9 nitrogen and oxygen atoms in total. The Labute approximate surface area is 218 Å². The van der Waals surface area contributed by atoms with Gasteiger partial charge in [-0.25, -0.2) is 19.2 Å². The van der Waals surface area contributed by atoms with Crippen LogP contribution in [0.4, 0.5) is 0 Å². The highest BCUT2D eigenvalue weighted by molar-refractivity contribution is 5.92. The zero-order chi connectivity index (χ0) is 27.3. The third-order valence-corrected chi connectivity index (χ3v) is 4.78. The first kappa shape index (κ1) is 27.4. The molecule has 3 aromatic carbocycles. The van der Waals surface area contributed by atoms with Gasteiger partial charge in [0.2, 0.25) is 0 Å². The SMILES string of the molecule is C=CC(=O)OCCCOc1ccc(C(=O)Oc2ccc(OC(=O)c3ccc(OC(=O)C=C)cc3)cc2)cc1. The quantitative estimate of drug-likeness (QED) is 0.146. The van der Waals surface area contributed by atoms with Crippen LogP contribution < -0.4 is 18.9 Å². The zero-order valence-corrected chi connectivity index (χ0v) is 20.3. The smallest absolute Gasteiger partial charge is 0.343 e. The second-order valence-electron chi connectivity index (χ2n) is 7.50. The molecule has 0 fully saturated rings. The number of ether oxygens (including phenoxy) is 5. The van der Waals surface area contributed by atoms with Crippen LogP contribution >= 0.6 is 0 Å². The number of rotatable bonds is 12. The summed E-state index contributed by atoms with van der Waals surface area (Å²) in [5.74, 6) is -0.953. The lowest BCUT2D eigenvalue weighted by Crippen LogP contribution is -2.10. The first-order valence-corrected chi connectivity index (χ1v) is 11.4. The van der Waals surface area contributed by atoms with Gasteiger partial charge in [-0.3, -0.25) is 0 Å². The maximum absolute atomic E-state index is 12.4. The average molecular weight is 517 g/mol. The Morgan fingerprint density at radius 3 is 1.45 bits per heavy atom. The van der Waals surface area contributed by atoms with Crippen LogP contribution in [0, 0.1) is 0 Å². The maximum atomic E-state index is 12.4. The van der Waals surface area contributed by atoms with E-state index in [1.165, 1.54) is 48.5 Å². The van der Waals surface area contributed by atoms with Gasteiger partial charge in [-0.2, -0.15) is 0 Å². The lowest BCUT2D eigenvalue weighted by Gasteiger charge is -2.09. The van der Waals surface area contributed by atoms with Crippen LogP contribution in [0.2, 0.25) is 0 Å². The highest BCUT2D eigenvalue weighted by Crippen LogP contribution is 2.21. The molecule has 0 saturated carbocycles. The van der Waals surface area contributed by atoms with Gasteiger partial charge in [-0.15, -0.1) is 0 Å². The average Bonchev–Trinajstić information content (AvgIpc) is 2.94. The van der Waals surface area contributed by atoms with Gasteiger partial charge in [0, 0.05) is 18.6 Å². The predicted molar refractivity (Wildman–Crippen MR) is 136 cm³/mol. The molecule has 3 rings (SSSR count). The number of benzene rings is 3. The Morgan fingerprint density at radius 2 is 0.974 bits per heavy atom. The summed E-state index contributed by atoms with van der Waals surface area (Å²) in [7, 11) is 0. The molecule has 0 bridgehead atoms. The van der Waals surface area contributed by atoms with E-state index in [-0.39, 0.29) is 29.4 Å². The summed E-state index contributed by atoms with van der Waals surface area (Å²) in [5.41, 5.74) is 0.567. The molecule has 0 saturated heterocycles. The van der Waals surface area contributed by atoms with Crippen molar-refractivity contribution in [1.82, 2.24) is 0 Å². The Morgan fingerprint density at radius 1 is 0.553 bits per heavy atom. The second kappa shape index (κ2) is 13.8. The van der Waals surface area contributed by atoms with Crippen LogP contribution in [0.1, 0.15) is 27.1 Å². The first-order chi connectivity index (χ1) is 18.4. The summed E-state index contributed by atoms with van der Waals surface area (Å²) in [6.07, 6.45) is 2.64. The van der Waals surface area contributed by atoms with E-state index in [2.05, 4.69) is 13.2 Å². The molecule has 0 heterocycles. The molecule has 0 aromatic heterocycles. The number of hydrogen-bond acceptors (Lipinski definition) is 9. The number of esters is 4. The van der Waals surface area contributed by atoms with Crippen molar-refractivity contribution >= 4 is 23.9 Å². The molecule has 0 radical (unpaired) electrons. The van der Waals surface area contributed by atoms with Crippen LogP contribution in [-0.2, 0) is 14.3 Å². The van der Waals surface area contributed by atoms with Gasteiger partial charge in [0.05, 0.1) is 24.3 Å². The molecule has 194 valence electrons. The summed E-state index contributed by atoms with van der Waals surface area (Å²) >= 11 is 0. The van der Waals surface area contributed by atoms with E-state index in [0.717, 1.165) is 12.2 Å². The van der Waals surface area contributed by atoms with E-state index in [4.69, 9.17) is 23.7 Å². The first-order valence-electron chi connectivity index (χ1n) is 11.4. The Kier molecular flexibility index (Phi) is 9.94. The minimum Gasteiger partial charge on any atom is -0.493 e. The lowest BCUT2D eigenvalue weighted by atomic mass is 10.2. The number of hydrogen-bond donors (Lipinski definition) is 0. The fourth-order valence-electron chi connectivity index (χ4n) is 2.89. The van der Waals surface area contributed by atoms with Crippen LogP contribution in [0.3, 0.4) is 0 Å². The topological polar surface area (TPSA) is 114 Å². The van der Waals surface area contributed by atoms with Gasteiger partial charge in [-0.1, -0.05) is 13.2 Å². The molecular weight excluding hydrogens is 492 g/mol. The van der Waals surface area contributed by atoms with Crippen molar-refractivity contribution in [3.63, 3.8) is 0 Å². The molecule has 0 aliphatic carbocycles. The van der Waals surface area contributed by atoms with Crippen molar-refractivity contribution in [2.75, 3.05) is 13.2 Å². The summed E-state index contributed by atoms with van der Waals surface area (Å²) in [4.78, 5) is 47.0. The molecule has 0 spiro atoms. The van der Waals surface area contributed by atoms with Crippen molar-refractivity contribution in [3.8, 4) is 23.0 Å². The van der Waals surface area contributed by atoms with Crippen molar-refractivity contribution in [2.24, 2.45) is 0 Å². The molecular formula is C29H24O9. The molecule has 0 amide bonds. The Bertz CT molecular complexity index is 1290. The van der Waals surface area contributed by atoms with Gasteiger partial charge in [0.15, 0.2) is 0 Å². The third kappa shape index (κ3) is 8.49. The molecule has 38 heavy (non-hydrogen) atoms. The van der Waals surface area contributed by atoms with Gasteiger partial charge in [0.1, 0.15) is 23.0 Å². The normalized spacial score (nSPS) is 10.0. The summed E-state index contributed by atoms with van der Waals surface area (Å²) in [6.45, 7) is 7.18. The molecule has 0 aliphatic heterocycles. The van der Waals surface area contributed by atoms with E-state index in [1.54, 1.807) is 24.3 Å². The van der Waals surface area contributed by atoms with Crippen molar-refractivity contribution in [2.45, 2.75) is 6.42 Å². The van der Waals surface area contributed by atoms with Gasteiger partial charge >= 0.3 is 23.9 Å². The van der Waals surface area contributed by atoms with Crippen molar-refractivity contribution < 1.29 is 42.9 Å². The van der Waals surface area contributed by atoms with E-state index >= 15 is 0 Å². The van der Waals surface area contributed by atoms with Crippen molar-refractivity contribution in [3.05, 3.63) is 109 Å². The molecule has 0 unspecified atom stereocenters. The van der Waals surface area contributed by atoms with Gasteiger partial charge < -0.3 is 23.7 Å². The molecule has 0 atom stereocenters. The summed E-state index contributed by atoms with van der Waals surface area (Å²) < 4.78 is 26.0. The van der Waals surface area contributed by atoms with Crippen molar-refractivity contribution in [1.29, 1.82) is 0 Å². The fraction of sp³-hybridized carbons (Fsp3) is 0.103. The Hall–Kier alpha value is -5.18. The van der Waals surface area contributed by atoms with E-state index in [0.29, 0.717) is 24.3 Å². The molecule has 0 aliphatic rings. The van der Waals surface area contributed by atoms with Crippen LogP contribution in [-0.4, -0.2) is 37.1 Å².